The summed E-state index contributed by atoms with van der Waals surface area (Å²) in [5.41, 5.74) is 0. The Balaban J connectivity index is 1.97. The number of rotatable bonds is 4. The first kappa shape index (κ1) is 13.8. The van der Waals surface area contributed by atoms with Crippen molar-refractivity contribution in [2.24, 2.45) is 17.8 Å². The van der Waals surface area contributed by atoms with E-state index in [0.717, 1.165) is 28.4 Å². The molecule has 0 aliphatic heterocycles. The number of hydrogen-bond acceptors (Lipinski definition) is 4. The lowest BCUT2D eigenvalue weighted by molar-refractivity contribution is 0.268. The van der Waals surface area contributed by atoms with Crippen LogP contribution >= 0.6 is 11.3 Å². The van der Waals surface area contributed by atoms with Crippen LogP contribution in [0.1, 0.15) is 52.0 Å². The Morgan fingerprint density at radius 3 is 2.50 bits per heavy atom. The molecule has 4 heteroatoms. The largest absolute Gasteiger partial charge is 0.357 e. The fourth-order valence-electron chi connectivity index (χ4n) is 2.85. The molecule has 0 aromatic carbocycles. The summed E-state index contributed by atoms with van der Waals surface area (Å²) in [5.74, 6) is 2.13. The fourth-order valence-corrected chi connectivity index (χ4v) is 3.85. The van der Waals surface area contributed by atoms with E-state index in [-0.39, 0.29) is 0 Å². The monoisotopic (exact) mass is 267 g/mol. The van der Waals surface area contributed by atoms with Gasteiger partial charge in [-0.2, -0.15) is 0 Å². The first-order valence-electron chi connectivity index (χ1n) is 7.15. The molecule has 0 radical (unpaired) electrons. The molecule has 1 N–H and O–H groups in total. The van der Waals surface area contributed by atoms with Crippen LogP contribution in [-0.2, 0) is 6.42 Å². The Labute approximate surface area is 114 Å². The van der Waals surface area contributed by atoms with Crippen LogP contribution in [0.2, 0.25) is 0 Å². The number of aromatic nitrogens is 2. The molecule has 102 valence electrons. The van der Waals surface area contributed by atoms with E-state index in [4.69, 9.17) is 0 Å². The van der Waals surface area contributed by atoms with Gasteiger partial charge in [-0.1, -0.05) is 45.5 Å². The zero-order chi connectivity index (χ0) is 13.1. The van der Waals surface area contributed by atoms with Gasteiger partial charge in [-0.15, -0.1) is 10.2 Å². The quantitative estimate of drug-likeness (QED) is 0.897. The van der Waals surface area contributed by atoms with Crippen molar-refractivity contribution in [1.82, 2.24) is 10.2 Å². The van der Waals surface area contributed by atoms with Gasteiger partial charge in [0.2, 0.25) is 5.13 Å². The van der Waals surface area contributed by atoms with Gasteiger partial charge >= 0.3 is 0 Å². The molecule has 1 aliphatic carbocycles. The Hall–Kier alpha value is -0.640. The summed E-state index contributed by atoms with van der Waals surface area (Å²) in [6.45, 7) is 9.15. The van der Waals surface area contributed by atoms with E-state index >= 15 is 0 Å². The summed E-state index contributed by atoms with van der Waals surface area (Å²) < 4.78 is 0. The number of nitrogens with zero attached hydrogens (tertiary/aromatic N) is 2. The molecule has 0 saturated heterocycles. The zero-order valence-electron chi connectivity index (χ0n) is 11.9. The van der Waals surface area contributed by atoms with Crippen LogP contribution in [0, 0.1) is 17.8 Å². The second-order valence-corrected chi connectivity index (χ2v) is 7.22. The molecule has 1 aromatic rings. The minimum Gasteiger partial charge on any atom is -0.357 e. The van der Waals surface area contributed by atoms with Crippen molar-refractivity contribution in [2.75, 3.05) is 5.32 Å². The molecule has 1 heterocycles. The van der Waals surface area contributed by atoms with Crippen molar-refractivity contribution in [3.05, 3.63) is 5.01 Å². The van der Waals surface area contributed by atoms with Crippen LogP contribution in [0.3, 0.4) is 0 Å². The second kappa shape index (κ2) is 6.00. The summed E-state index contributed by atoms with van der Waals surface area (Å²) in [5, 5.41) is 14.4. The summed E-state index contributed by atoms with van der Waals surface area (Å²) in [6, 6.07) is 0.568. The van der Waals surface area contributed by atoms with Crippen molar-refractivity contribution in [1.29, 1.82) is 0 Å². The molecule has 3 nitrogen and oxygen atoms in total. The van der Waals surface area contributed by atoms with Crippen molar-refractivity contribution < 1.29 is 0 Å². The van der Waals surface area contributed by atoms with Gasteiger partial charge in [0.25, 0.3) is 0 Å². The molecular formula is C14H25N3S. The molecule has 2 atom stereocenters. The molecule has 1 saturated carbocycles. The summed E-state index contributed by atoms with van der Waals surface area (Å²) in [7, 11) is 0. The van der Waals surface area contributed by atoms with E-state index in [1.165, 1.54) is 19.3 Å². The third kappa shape index (κ3) is 3.44. The highest BCUT2D eigenvalue weighted by Gasteiger charge is 2.28. The molecule has 1 fully saturated rings. The van der Waals surface area contributed by atoms with Crippen LogP contribution in [-0.4, -0.2) is 16.2 Å². The third-order valence-electron chi connectivity index (χ3n) is 3.88. The van der Waals surface area contributed by atoms with E-state index in [1.807, 2.05) is 0 Å². The third-order valence-corrected chi connectivity index (χ3v) is 4.76. The number of anilines is 1. The maximum atomic E-state index is 4.29. The second-order valence-electron chi connectivity index (χ2n) is 6.15. The smallest absolute Gasteiger partial charge is 0.205 e. The van der Waals surface area contributed by atoms with Gasteiger partial charge < -0.3 is 5.32 Å². The van der Waals surface area contributed by atoms with E-state index in [1.54, 1.807) is 11.3 Å². The predicted octanol–water partition coefficient (Wildman–Crippen LogP) is 3.97. The summed E-state index contributed by atoms with van der Waals surface area (Å²) in [6.07, 6.45) is 5.07. The van der Waals surface area contributed by atoms with Crippen LogP contribution < -0.4 is 5.32 Å². The van der Waals surface area contributed by atoms with Gasteiger partial charge in [0, 0.05) is 12.5 Å². The summed E-state index contributed by atoms with van der Waals surface area (Å²) in [4.78, 5) is 0. The van der Waals surface area contributed by atoms with Crippen LogP contribution in [0.15, 0.2) is 0 Å². The van der Waals surface area contributed by atoms with E-state index < -0.39 is 0 Å². The van der Waals surface area contributed by atoms with E-state index in [0.29, 0.717) is 12.0 Å². The normalized spacial score (nSPS) is 28.6. The van der Waals surface area contributed by atoms with Crippen molar-refractivity contribution >= 4 is 16.5 Å². The van der Waals surface area contributed by atoms with Crippen molar-refractivity contribution in [3.8, 4) is 0 Å². The average Bonchev–Trinajstić information content (AvgIpc) is 2.70. The van der Waals surface area contributed by atoms with Crippen molar-refractivity contribution in [3.63, 3.8) is 0 Å². The molecule has 1 aromatic heterocycles. The maximum Gasteiger partial charge on any atom is 0.205 e. The average molecular weight is 267 g/mol. The first-order chi connectivity index (χ1) is 8.56. The number of nitrogens with one attached hydrogen (secondary N) is 1. The highest BCUT2D eigenvalue weighted by atomic mass is 32.1. The highest BCUT2D eigenvalue weighted by molar-refractivity contribution is 7.15. The lowest BCUT2D eigenvalue weighted by Gasteiger charge is -2.34. The fraction of sp³-hybridized carbons (Fsp3) is 0.857. The minimum absolute atomic E-state index is 0.568. The van der Waals surface area contributed by atoms with E-state index in [9.17, 15) is 0 Å². The lowest BCUT2D eigenvalue weighted by Crippen LogP contribution is -2.37. The molecule has 2 unspecified atom stereocenters. The SMILES string of the molecule is CC(C)Cc1nnc(NC2C(C)CCCC2C)s1. The molecular weight excluding hydrogens is 242 g/mol. The standard InChI is InChI=1S/C14H25N3S/c1-9(2)8-12-16-17-14(18-12)15-13-10(3)6-5-7-11(13)4/h9-11,13H,5-8H2,1-4H3,(H,15,17). The Morgan fingerprint density at radius 2 is 1.89 bits per heavy atom. The van der Waals surface area contributed by atoms with Crippen molar-refractivity contribution in [2.45, 2.75) is 59.4 Å². The molecule has 0 amide bonds. The van der Waals surface area contributed by atoms with E-state index in [2.05, 4.69) is 43.2 Å². The van der Waals surface area contributed by atoms with Gasteiger partial charge in [-0.25, -0.2) is 0 Å². The zero-order valence-corrected chi connectivity index (χ0v) is 12.8. The minimum atomic E-state index is 0.568. The first-order valence-corrected chi connectivity index (χ1v) is 7.96. The van der Waals surface area contributed by atoms with Crippen LogP contribution in [0.5, 0.6) is 0 Å². The lowest BCUT2D eigenvalue weighted by atomic mass is 9.79. The molecule has 1 aliphatic rings. The maximum absolute atomic E-state index is 4.29. The highest BCUT2D eigenvalue weighted by Crippen LogP contribution is 2.32. The predicted molar refractivity (Wildman–Crippen MR) is 78.0 cm³/mol. The Bertz CT molecular complexity index is 365. The molecule has 0 bridgehead atoms. The molecule has 2 rings (SSSR count). The van der Waals surface area contributed by atoms with Gasteiger partial charge in [0.15, 0.2) is 0 Å². The number of hydrogen-bond donors (Lipinski definition) is 1. The molecule has 0 spiro atoms. The summed E-state index contributed by atoms with van der Waals surface area (Å²) >= 11 is 1.73. The van der Waals surface area contributed by atoms with Gasteiger partial charge in [0.1, 0.15) is 5.01 Å². The van der Waals surface area contributed by atoms with Crippen LogP contribution in [0.4, 0.5) is 5.13 Å². The van der Waals surface area contributed by atoms with Gasteiger partial charge in [-0.3, -0.25) is 0 Å². The van der Waals surface area contributed by atoms with Gasteiger partial charge in [-0.05, 0) is 30.6 Å². The molecule has 18 heavy (non-hydrogen) atoms. The van der Waals surface area contributed by atoms with Gasteiger partial charge in [0.05, 0.1) is 0 Å². The van der Waals surface area contributed by atoms with Crippen LogP contribution in [0.25, 0.3) is 0 Å². The Kier molecular flexibility index (Phi) is 4.60. The Morgan fingerprint density at radius 1 is 1.22 bits per heavy atom. The topological polar surface area (TPSA) is 37.8 Å².